The lowest BCUT2D eigenvalue weighted by Gasteiger charge is -2.30. The Hall–Kier alpha value is -4.84. The first-order chi connectivity index (χ1) is 18.9. The molecule has 0 aromatic heterocycles. The van der Waals surface area contributed by atoms with E-state index in [0.717, 1.165) is 21.2 Å². The molecule has 0 bridgehead atoms. The molecule has 3 aromatic carbocycles. The normalized spacial score (nSPS) is 12.5. The highest BCUT2D eigenvalue weighted by Gasteiger charge is 2.36. The average molecular weight is 543 g/mol. The zero-order valence-corrected chi connectivity index (χ0v) is 23.1. The first-order valence-corrected chi connectivity index (χ1v) is 12.8. The number of ether oxygens (including phenoxy) is 1. The lowest BCUT2D eigenvalue weighted by atomic mass is 10.0. The van der Waals surface area contributed by atoms with Crippen LogP contribution in [0.5, 0.6) is 0 Å². The molecule has 0 fully saturated rings. The molecule has 3 aromatic rings. The van der Waals surface area contributed by atoms with Gasteiger partial charge in [-0.15, -0.1) is 0 Å². The van der Waals surface area contributed by atoms with Gasteiger partial charge in [0, 0.05) is 18.2 Å². The maximum absolute atomic E-state index is 13.8. The van der Waals surface area contributed by atoms with Gasteiger partial charge in [-0.1, -0.05) is 66.6 Å². The molecule has 9 nitrogen and oxygen atoms in total. The second-order valence-electron chi connectivity index (χ2n) is 10.4. The zero-order valence-electron chi connectivity index (χ0n) is 23.1. The third-order valence-corrected chi connectivity index (χ3v) is 5.93. The van der Waals surface area contributed by atoms with Crippen LogP contribution >= 0.6 is 0 Å². The van der Waals surface area contributed by atoms with Crippen molar-refractivity contribution in [3.8, 4) is 12.5 Å². The number of terminal acetylenes is 1. The highest BCUT2D eigenvalue weighted by Crippen LogP contribution is 2.26. The largest absolute Gasteiger partial charge is 0.444 e. The Morgan fingerprint density at radius 2 is 1.70 bits per heavy atom. The number of nitrogens with zero attached hydrogens (tertiary/aromatic N) is 1. The molecule has 0 aliphatic heterocycles. The smallest absolute Gasteiger partial charge is 0.408 e. The van der Waals surface area contributed by atoms with Gasteiger partial charge in [0.05, 0.1) is 0 Å². The summed E-state index contributed by atoms with van der Waals surface area (Å²) in [6.07, 6.45) is 4.60. The van der Waals surface area contributed by atoms with E-state index in [0.29, 0.717) is 11.3 Å². The van der Waals surface area contributed by atoms with E-state index < -0.39 is 41.5 Å². The maximum atomic E-state index is 13.8. The average Bonchev–Trinajstić information content (AvgIpc) is 2.87. The standard InChI is InChI=1S/C31H34N4O5/c1-6-35(29(38)25(16-17-26(32)36)34-30(39)40-31(3,4)5)27(23-13-9-10-20(2)18-23)28(37)33-24-15-14-21-11-7-8-12-22(21)19-24/h1,7-15,18-19,25,27H,16-17H2,2-5H3,(H2,32,36)(H,33,37)(H,34,39). The van der Waals surface area contributed by atoms with Crippen molar-refractivity contribution in [2.75, 3.05) is 5.32 Å². The number of carbonyl (C=O) groups excluding carboxylic acids is 4. The van der Waals surface area contributed by atoms with Crippen LogP contribution in [-0.2, 0) is 19.1 Å². The summed E-state index contributed by atoms with van der Waals surface area (Å²) < 4.78 is 5.29. The SMILES string of the molecule is C#CN(C(=O)C(CCC(N)=O)NC(=O)OC(C)(C)C)C(C(=O)Nc1ccc2ccccc2c1)c1cccc(C)c1. The van der Waals surface area contributed by atoms with Gasteiger partial charge in [-0.2, -0.15) is 0 Å². The summed E-state index contributed by atoms with van der Waals surface area (Å²) in [5, 5.41) is 7.27. The number of hydrogen-bond acceptors (Lipinski definition) is 5. The molecule has 2 unspecified atom stereocenters. The van der Waals surface area contributed by atoms with E-state index in [4.69, 9.17) is 16.9 Å². The Morgan fingerprint density at radius 1 is 1.00 bits per heavy atom. The minimum atomic E-state index is -1.28. The van der Waals surface area contributed by atoms with Crippen LogP contribution in [0.25, 0.3) is 10.8 Å². The monoisotopic (exact) mass is 542 g/mol. The summed E-state index contributed by atoms with van der Waals surface area (Å²) in [5.74, 6) is -1.99. The van der Waals surface area contributed by atoms with Crippen molar-refractivity contribution in [2.45, 2.75) is 58.2 Å². The quantitative estimate of drug-likeness (QED) is 0.272. The van der Waals surface area contributed by atoms with Crippen molar-refractivity contribution in [1.29, 1.82) is 0 Å². The summed E-state index contributed by atoms with van der Waals surface area (Å²) >= 11 is 0. The summed E-state index contributed by atoms with van der Waals surface area (Å²) in [4.78, 5) is 52.6. The van der Waals surface area contributed by atoms with Crippen molar-refractivity contribution < 1.29 is 23.9 Å². The fourth-order valence-corrected chi connectivity index (χ4v) is 4.16. The molecule has 40 heavy (non-hydrogen) atoms. The van der Waals surface area contributed by atoms with Gasteiger partial charge >= 0.3 is 6.09 Å². The van der Waals surface area contributed by atoms with Crippen molar-refractivity contribution in [2.24, 2.45) is 5.73 Å². The third kappa shape index (κ3) is 8.08. The van der Waals surface area contributed by atoms with E-state index in [1.165, 1.54) is 0 Å². The van der Waals surface area contributed by atoms with E-state index in [9.17, 15) is 19.2 Å². The Bertz CT molecular complexity index is 1450. The topological polar surface area (TPSA) is 131 Å². The van der Waals surface area contributed by atoms with Crippen LogP contribution < -0.4 is 16.4 Å². The number of anilines is 1. The fourth-order valence-electron chi connectivity index (χ4n) is 4.16. The molecule has 0 spiro atoms. The van der Waals surface area contributed by atoms with Crippen molar-refractivity contribution in [3.05, 3.63) is 77.9 Å². The molecule has 0 saturated carbocycles. The maximum Gasteiger partial charge on any atom is 0.408 e. The van der Waals surface area contributed by atoms with Crippen LogP contribution in [0.2, 0.25) is 0 Å². The number of amides is 4. The number of benzene rings is 3. The van der Waals surface area contributed by atoms with Gasteiger partial charge in [-0.3, -0.25) is 19.3 Å². The lowest BCUT2D eigenvalue weighted by molar-refractivity contribution is -0.137. The highest BCUT2D eigenvalue weighted by molar-refractivity contribution is 6.01. The van der Waals surface area contributed by atoms with Gasteiger partial charge in [0.15, 0.2) is 0 Å². The Balaban J connectivity index is 1.98. The van der Waals surface area contributed by atoms with Crippen LogP contribution in [0.3, 0.4) is 0 Å². The lowest BCUT2D eigenvalue weighted by Crippen LogP contribution is -2.51. The Kier molecular flexibility index (Phi) is 9.51. The molecule has 0 aliphatic rings. The molecule has 2 atom stereocenters. The van der Waals surface area contributed by atoms with Crippen molar-refractivity contribution in [3.63, 3.8) is 0 Å². The molecule has 208 valence electrons. The molecule has 4 N–H and O–H groups in total. The minimum absolute atomic E-state index is 0.140. The van der Waals surface area contributed by atoms with Crippen LogP contribution in [-0.4, -0.2) is 40.4 Å². The predicted octanol–water partition coefficient (Wildman–Crippen LogP) is 4.41. The fraction of sp³-hybridized carbons (Fsp3) is 0.290. The summed E-state index contributed by atoms with van der Waals surface area (Å²) in [6, 6.07) is 20.0. The molecule has 3 rings (SSSR count). The molecule has 4 amide bonds. The molecule has 0 heterocycles. The summed E-state index contributed by atoms with van der Waals surface area (Å²) in [6.45, 7) is 6.87. The summed E-state index contributed by atoms with van der Waals surface area (Å²) in [5.41, 5.74) is 6.31. The second kappa shape index (κ2) is 12.8. The number of nitrogens with one attached hydrogen (secondary N) is 2. The van der Waals surface area contributed by atoms with E-state index in [1.54, 1.807) is 45.0 Å². The van der Waals surface area contributed by atoms with E-state index in [2.05, 4.69) is 16.7 Å². The molecule has 9 heteroatoms. The molecule has 0 saturated heterocycles. The number of fused-ring (bicyclic) bond motifs is 1. The first kappa shape index (κ1) is 29.7. The van der Waals surface area contributed by atoms with Crippen molar-refractivity contribution >= 4 is 40.3 Å². The van der Waals surface area contributed by atoms with Crippen LogP contribution in [0.4, 0.5) is 10.5 Å². The van der Waals surface area contributed by atoms with Gasteiger partial charge in [0.25, 0.3) is 11.8 Å². The number of alkyl carbamates (subject to hydrolysis) is 1. The first-order valence-electron chi connectivity index (χ1n) is 12.8. The Labute approximate surface area is 234 Å². The van der Waals surface area contributed by atoms with Crippen molar-refractivity contribution in [1.82, 2.24) is 10.2 Å². The molecular weight excluding hydrogens is 508 g/mol. The van der Waals surface area contributed by atoms with Crippen LogP contribution in [0.15, 0.2) is 66.7 Å². The van der Waals surface area contributed by atoms with E-state index in [-0.39, 0.29) is 12.8 Å². The number of carbonyl (C=O) groups is 4. The van der Waals surface area contributed by atoms with Gasteiger partial charge in [0.1, 0.15) is 17.7 Å². The minimum Gasteiger partial charge on any atom is -0.444 e. The van der Waals surface area contributed by atoms with E-state index in [1.807, 2.05) is 49.4 Å². The van der Waals surface area contributed by atoms with Gasteiger partial charge in [-0.25, -0.2) is 4.79 Å². The van der Waals surface area contributed by atoms with E-state index >= 15 is 0 Å². The second-order valence-corrected chi connectivity index (χ2v) is 10.4. The number of primary amides is 1. The predicted molar refractivity (Wildman–Crippen MR) is 154 cm³/mol. The summed E-state index contributed by atoms with van der Waals surface area (Å²) in [7, 11) is 0. The van der Waals surface area contributed by atoms with Crippen LogP contribution in [0.1, 0.15) is 50.8 Å². The number of hydrogen-bond donors (Lipinski definition) is 3. The van der Waals surface area contributed by atoms with Gasteiger partial charge < -0.3 is 21.1 Å². The zero-order chi connectivity index (χ0) is 29.4. The Morgan fingerprint density at radius 3 is 2.33 bits per heavy atom. The van der Waals surface area contributed by atoms with Gasteiger partial charge in [0.2, 0.25) is 5.91 Å². The molecule has 0 radical (unpaired) electrons. The number of rotatable bonds is 9. The van der Waals surface area contributed by atoms with Crippen LogP contribution in [0, 0.1) is 19.4 Å². The van der Waals surface area contributed by atoms with Gasteiger partial charge in [-0.05, 0) is 62.6 Å². The molecule has 0 aliphatic carbocycles. The number of aryl methyl sites for hydroxylation is 1. The molecular formula is C31H34N4O5. The third-order valence-electron chi connectivity index (χ3n) is 5.93. The number of nitrogens with two attached hydrogens (primary N) is 1. The highest BCUT2D eigenvalue weighted by atomic mass is 16.6.